The summed E-state index contributed by atoms with van der Waals surface area (Å²) in [6, 6.07) is 13.8. The Morgan fingerprint density at radius 2 is 2.05 bits per heavy atom. The number of benzene rings is 2. The van der Waals surface area contributed by atoms with Gasteiger partial charge in [0.2, 0.25) is 0 Å². The molecule has 2 aromatic rings. The number of hydrogen-bond donors (Lipinski definition) is 1. The Kier molecular flexibility index (Phi) is 4.12. The third kappa shape index (κ3) is 3.37. The normalized spacial score (nSPS) is 19.0. The minimum absolute atomic E-state index is 0.0606. The molecule has 2 aromatic carbocycles. The maximum atomic E-state index is 13.1. The van der Waals surface area contributed by atoms with Crippen LogP contribution in [0.1, 0.15) is 17.2 Å². The fourth-order valence-corrected chi connectivity index (χ4v) is 2.01. The van der Waals surface area contributed by atoms with Gasteiger partial charge in [0.05, 0.1) is 5.39 Å². The molecule has 1 unspecified atom stereocenters. The molecule has 1 aliphatic heterocycles. The van der Waals surface area contributed by atoms with Crippen molar-refractivity contribution in [1.29, 1.82) is 0 Å². The van der Waals surface area contributed by atoms with Crippen LogP contribution in [-0.4, -0.2) is 12.0 Å². The monoisotopic (exact) mass is 290 g/mol. The Bertz CT molecular complexity index is 609. The Hall–Kier alpha value is -1.99. The quantitative estimate of drug-likeness (QED) is 0.877. The van der Waals surface area contributed by atoms with Gasteiger partial charge in [-0.25, -0.2) is 18.9 Å². The zero-order valence-corrected chi connectivity index (χ0v) is 11.2. The van der Waals surface area contributed by atoms with E-state index in [1.807, 2.05) is 30.3 Å². The second kappa shape index (κ2) is 6.19. The maximum Gasteiger partial charge on any atom is 0.135 e. The van der Waals surface area contributed by atoms with Gasteiger partial charge in [0.15, 0.2) is 0 Å². The van der Waals surface area contributed by atoms with Gasteiger partial charge in [-0.3, -0.25) is 0 Å². The molecule has 6 heteroatoms. The van der Waals surface area contributed by atoms with Gasteiger partial charge < -0.3 is 5.73 Å². The van der Waals surface area contributed by atoms with Gasteiger partial charge in [0.25, 0.3) is 0 Å². The standard InChI is InChI=1S/C15H15FN2O3/c16-13-6-7-14(17)12(8-13)9-19-18-20-10-15(21-18)11-4-2-1-3-5-11/h1-8,15H,9-10,17H2. The molecule has 0 aliphatic carbocycles. The van der Waals surface area contributed by atoms with Crippen molar-refractivity contribution in [2.45, 2.75) is 12.7 Å². The predicted molar refractivity (Wildman–Crippen MR) is 73.7 cm³/mol. The summed E-state index contributed by atoms with van der Waals surface area (Å²) < 4.78 is 13.1. The predicted octanol–water partition coefficient (Wildman–Crippen LogP) is 2.76. The first kappa shape index (κ1) is 14.0. The van der Waals surface area contributed by atoms with Crippen molar-refractivity contribution in [3.63, 3.8) is 0 Å². The van der Waals surface area contributed by atoms with Crippen LogP contribution in [0, 0.1) is 5.82 Å². The molecule has 21 heavy (non-hydrogen) atoms. The minimum Gasteiger partial charge on any atom is -0.398 e. The molecule has 1 saturated heterocycles. The molecule has 3 rings (SSSR count). The molecule has 5 nitrogen and oxygen atoms in total. The van der Waals surface area contributed by atoms with Gasteiger partial charge in [-0.1, -0.05) is 30.3 Å². The van der Waals surface area contributed by atoms with Gasteiger partial charge in [-0.05, 0) is 23.8 Å². The van der Waals surface area contributed by atoms with Crippen molar-refractivity contribution in [1.82, 2.24) is 5.39 Å². The Balaban J connectivity index is 1.57. The lowest BCUT2D eigenvalue weighted by Gasteiger charge is -2.14. The van der Waals surface area contributed by atoms with Crippen molar-refractivity contribution < 1.29 is 18.9 Å². The number of nitrogen functional groups attached to an aromatic ring is 1. The third-order valence-corrected chi connectivity index (χ3v) is 3.15. The summed E-state index contributed by atoms with van der Waals surface area (Å²) in [5, 5.41) is 0.946. The fourth-order valence-electron chi connectivity index (χ4n) is 2.01. The largest absolute Gasteiger partial charge is 0.398 e. The van der Waals surface area contributed by atoms with Gasteiger partial charge in [-0.2, -0.15) is 0 Å². The maximum absolute atomic E-state index is 13.1. The molecule has 2 N–H and O–H groups in total. The molecule has 0 radical (unpaired) electrons. The van der Waals surface area contributed by atoms with Crippen molar-refractivity contribution in [3.05, 3.63) is 65.5 Å². The Labute approximate surface area is 121 Å². The summed E-state index contributed by atoms with van der Waals surface area (Å²) in [6.07, 6.45) is -0.226. The van der Waals surface area contributed by atoms with E-state index < -0.39 is 0 Å². The van der Waals surface area contributed by atoms with E-state index in [0.29, 0.717) is 17.9 Å². The van der Waals surface area contributed by atoms with Crippen LogP contribution in [0.15, 0.2) is 48.5 Å². The molecule has 0 amide bonds. The van der Waals surface area contributed by atoms with Crippen LogP contribution < -0.4 is 5.73 Å². The van der Waals surface area contributed by atoms with E-state index in [2.05, 4.69) is 0 Å². The average Bonchev–Trinajstić information content (AvgIpc) is 2.98. The van der Waals surface area contributed by atoms with Crippen molar-refractivity contribution >= 4 is 5.69 Å². The Morgan fingerprint density at radius 3 is 2.86 bits per heavy atom. The van der Waals surface area contributed by atoms with Crippen LogP contribution in [-0.2, 0) is 21.1 Å². The zero-order valence-electron chi connectivity index (χ0n) is 11.2. The number of halogens is 1. The molecule has 110 valence electrons. The van der Waals surface area contributed by atoms with E-state index >= 15 is 0 Å². The highest BCUT2D eigenvalue weighted by Crippen LogP contribution is 2.26. The first-order valence-corrected chi connectivity index (χ1v) is 6.54. The van der Waals surface area contributed by atoms with E-state index in [0.717, 1.165) is 11.0 Å². The zero-order chi connectivity index (χ0) is 14.7. The average molecular weight is 290 g/mol. The summed E-state index contributed by atoms with van der Waals surface area (Å²) in [6.45, 7) is 0.410. The fraction of sp³-hybridized carbons (Fsp3) is 0.200. The number of nitrogens with two attached hydrogens (primary N) is 1. The SMILES string of the molecule is Nc1ccc(F)cc1CON1OCC(c2ccccc2)O1. The highest BCUT2D eigenvalue weighted by Gasteiger charge is 2.27. The van der Waals surface area contributed by atoms with Crippen LogP contribution in [0.25, 0.3) is 0 Å². The smallest absolute Gasteiger partial charge is 0.135 e. The summed E-state index contributed by atoms with van der Waals surface area (Å²) in [5.41, 5.74) is 7.73. The molecule has 0 spiro atoms. The number of rotatable bonds is 4. The Morgan fingerprint density at radius 1 is 1.24 bits per heavy atom. The molecular formula is C15H15FN2O3. The van der Waals surface area contributed by atoms with Crippen LogP contribution in [0.3, 0.4) is 0 Å². The lowest BCUT2D eigenvalue weighted by atomic mass is 10.1. The summed E-state index contributed by atoms with van der Waals surface area (Å²) in [5.74, 6) is -0.367. The van der Waals surface area contributed by atoms with Crippen LogP contribution in [0.2, 0.25) is 0 Å². The van der Waals surface area contributed by atoms with E-state index in [1.54, 1.807) is 0 Å². The molecule has 1 fully saturated rings. The second-order valence-corrected chi connectivity index (χ2v) is 4.64. The number of anilines is 1. The van der Waals surface area contributed by atoms with Gasteiger partial charge in [0.1, 0.15) is 25.1 Å². The topological polar surface area (TPSA) is 57.0 Å². The number of hydrogen-bond acceptors (Lipinski definition) is 5. The molecule has 0 saturated carbocycles. The molecule has 1 atom stereocenters. The molecular weight excluding hydrogens is 275 g/mol. The lowest BCUT2D eigenvalue weighted by Crippen LogP contribution is -2.17. The van der Waals surface area contributed by atoms with Gasteiger partial charge in [0, 0.05) is 11.3 Å². The highest BCUT2D eigenvalue weighted by molar-refractivity contribution is 5.46. The second-order valence-electron chi connectivity index (χ2n) is 4.64. The van der Waals surface area contributed by atoms with Gasteiger partial charge >= 0.3 is 0 Å². The summed E-state index contributed by atoms with van der Waals surface area (Å²) in [7, 11) is 0. The summed E-state index contributed by atoms with van der Waals surface area (Å²) in [4.78, 5) is 16.1. The first-order valence-electron chi connectivity index (χ1n) is 6.54. The van der Waals surface area contributed by atoms with E-state index in [4.69, 9.17) is 20.2 Å². The van der Waals surface area contributed by atoms with Crippen LogP contribution in [0.4, 0.5) is 10.1 Å². The van der Waals surface area contributed by atoms with Crippen molar-refractivity contribution in [2.24, 2.45) is 0 Å². The van der Waals surface area contributed by atoms with Gasteiger partial charge in [-0.15, -0.1) is 0 Å². The molecule has 1 heterocycles. The van der Waals surface area contributed by atoms with E-state index in [1.165, 1.54) is 18.2 Å². The van der Waals surface area contributed by atoms with E-state index in [-0.39, 0.29) is 18.5 Å². The molecule has 1 aliphatic rings. The lowest BCUT2D eigenvalue weighted by molar-refractivity contribution is -0.493. The van der Waals surface area contributed by atoms with Crippen molar-refractivity contribution in [2.75, 3.05) is 12.3 Å². The van der Waals surface area contributed by atoms with E-state index in [9.17, 15) is 4.39 Å². The molecule has 0 aromatic heterocycles. The first-order chi connectivity index (χ1) is 10.2. The van der Waals surface area contributed by atoms with Crippen molar-refractivity contribution in [3.8, 4) is 0 Å². The molecule has 0 bridgehead atoms. The van der Waals surface area contributed by atoms with Crippen LogP contribution in [0.5, 0.6) is 0 Å². The number of nitrogens with zero attached hydrogens (tertiary/aromatic N) is 1. The third-order valence-electron chi connectivity index (χ3n) is 3.15. The summed E-state index contributed by atoms with van der Waals surface area (Å²) >= 11 is 0. The minimum atomic E-state index is -0.367. The highest BCUT2D eigenvalue weighted by atomic mass is 19.1. The van der Waals surface area contributed by atoms with Crippen LogP contribution >= 0.6 is 0 Å².